The van der Waals surface area contributed by atoms with Crippen LogP contribution in [0.3, 0.4) is 0 Å². The van der Waals surface area contributed by atoms with Crippen molar-refractivity contribution >= 4 is 29.3 Å². The Hall–Kier alpha value is -2.73. The molecule has 2 aromatic rings. The Morgan fingerprint density at radius 1 is 1.11 bits per heavy atom. The number of aryl methyl sites for hydroxylation is 1. The van der Waals surface area contributed by atoms with Crippen molar-refractivity contribution in [2.45, 2.75) is 25.8 Å². The summed E-state index contributed by atoms with van der Waals surface area (Å²) in [5.74, 6) is 0.691. The molecule has 6 heteroatoms. The summed E-state index contributed by atoms with van der Waals surface area (Å²) in [5.41, 5.74) is 2.33. The third-order valence-corrected chi connectivity index (χ3v) is 5.12. The molecule has 0 unspecified atom stereocenters. The van der Waals surface area contributed by atoms with E-state index in [2.05, 4.69) is 22.8 Å². The second-order valence-electron chi connectivity index (χ2n) is 6.64. The summed E-state index contributed by atoms with van der Waals surface area (Å²) < 4.78 is 5.35. The zero-order valence-corrected chi connectivity index (χ0v) is 16.6. The van der Waals surface area contributed by atoms with Gasteiger partial charge in [-0.15, -0.1) is 11.8 Å². The van der Waals surface area contributed by atoms with Gasteiger partial charge in [0.2, 0.25) is 0 Å². The molecule has 0 aromatic heterocycles. The van der Waals surface area contributed by atoms with Crippen LogP contribution in [0.4, 0.5) is 5.69 Å². The van der Waals surface area contributed by atoms with Gasteiger partial charge in [0.15, 0.2) is 5.76 Å². The van der Waals surface area contributed by atoms with Crippen molar-refractivity contribution in [3.63, 3.8) is 0 Å². The maximum atomic E-state index is 12.5. The highest BCUT2D eigenvalue weighted by Crippen LogP contribution is 2.18. The van der Waals surface area contributed by atoms with Crippen molar-refractivity contribution in [1.82, 2.24) is 5.32 Å². The van der Waals surface area contributed by atoms with Crippen LogP contribution in [0, 0.1) is 0 Å². The summed E-state index contributed by atoms with van der Waals surface area (Å²) in [4.78, 5) is 24.8. The molecule has 0 fully saturated rings. The quantitative estimate of drug-likeness (QED) is 0.743. The van der Waals surface area contributed by atoms with Gasteiger partial charge < -0.3 is 15.4 Å². The number of amides is 2. The number of benzene rings is 2. The molecule has 2 amide bonds. The third-order valence-electron chi connectivity index (χ3n) is 4.34. The third kappa shape index (κ3) is 5.89. The van der Waals surface area contributed by atoms with Crippen molar-refractivity contribution in [2.75, 3.05) is 17.7 Å². The van der Waals surface area contributed by atoms with Crippen LogP contribution in [-0.2, 0) is 16.0 Å². The summed E-state index contributed by atoms with van der Waals surface area (Å²) >= 11 is 1.55. The van der Waals surface area contributed by atoms with E-state index in [0.29, 0.717) is 23.6 Å². The molecule has 2 N–H and O–H groups in total. The lowest BCUT2D eigenvalue weighted by Gasteiger charge is -2.16. The van der Waals surface area contributed by atoms with Crippen LogP contribution in [0.15, 0.2) is 65.8 Å². The van der Waals surface area contributed by atoms with E-state index in [1.807, 2.05) is 25.1 Å². The minimum Gasteiger partial charge on any atom is -0.487 e. The standard InChI is InChI=1S/C22H24N2O3S/c1-16(10-11-17-6-3-2-4-7-17)23-21(25)18-8-5-9-19(14-18)24-22(26)20-15-28-13-12-27-20/h2-9,14-16H,10-13H2,1H3,(H,23,25)(H,24,26)/t16-/m0/s1. The second kappa shape index (κ2) is 9.99. The summed E-state index contributed by atoms with van der Waals surface area (Å²) in [7, 11) is 0. The number of hydrogen-bond acceptors (Lipinski definition) is 4. The van der Waals surface area contributed by atoms with Crippen molar-refractivity contribution < 1.29 is 14.3 Å². The van der Waals surface area contributed by atoms with Crippen LogP contribution in [0.25, 0.3) is 0 Å². The number of nitrogens with one attached hydrogen (secondary N) is 2. The lowest BCUT2D eigenvalue weighted by atomic mass is 10.1. The second-order valence-corrected chi connectivity index (χ2v) is 7.61. The molecule has 1 heterocycles. The van der Waals surface area contributed by atoms with Gasteiger partial charge in [-0.2, -0.15) is 0 Å². The van der Waals surface area contributed by atoms with Crippen LogP contribution in [0.5, 0.6) is 0 Å². The molecular weight excluding hydrogens is 372 g/mol. The molecule has 0 saturated carbocycles. The highest BCUT2D eigenvalue weighted by molar-refractivity contribution is 8.02. The summed E-state index contributed by atoms with van der Waals surface area (Å²) in [6, 6.07) is 17.2. The number of carbonyl (C=O) groups is 2. The molecular formula is C22H24N2O3S. The Morgan fingerprint density at radius 3 is 2.68 bits per heavy atom. The highest BCUT2D eigenvalue weighted by Gasteiger charge is 2.16. The molecule has 146 valence electrons. The molecule has 2 aromatic carbocycles. The highest BCUT2D eigenvalue weighted by atomic mass is 32.2. The fourth-order valence-corrected chi connectivity index (χ4v) is 3.45. The van der Waals surface area contributed by atoms with E-state index in [4.69, 9.17) is 4.74 Å². The number of anilines is 1. The number of ether oxygens (including phenoxy) is 1. The number of thioether (sulfide) groups is 1. The first-order valence-corrected chi connectivity index (χ1v) is 10.4. The zero-order valence-electron chi connectivity index (χ0n) is 15.8. The summed E-state index contributed by atoms with van der Waals surface area (Å²) in [6.07, 6.45) is 1.76. The molecule has 28 heavy (non-hydrogen) atoms. The minimum absolute atomic E-state index is 0.0452. The van der Waals surface area contributed by atoms with Gasteiger partial charge in [0.25, 0.3) is 11.8 Å². The van der Waals surface area contributed by atoms with Gasteiger partial charge in [-0.3, -0.25) is 9.59 Å². The monoisotopic (exact) mass is 396 g/mol. The van der Waals surface area contributed by atoms with Crippen molar-refractivity contribution in [3.8, 4) is 0 Å². The predicted octanol–water partition coefficient (Wildman–Crippen LogP) is 3.98. The first-order valence-electron chi connectivity index (χ1n) is 9.32. The Morgan fingerprint density at radius 2 is 1.93 bits per heavy atom. The zero-order chi connectivity index (χ0) is 19.8. The average molecular weight is 397 g/mol. The van der Waals surface area contributed by atoms with Gasteiger partial charge in [-0.05, 0) is 43.5 Å². The van der Waals surface area contributed by atoms with Crippen LogP contribution in [-0.4, -0.2) is 30.2 Å². The Kier molecular flexibility index (Phi) is 7.14. The maximum Gasteiger partial charge on any atom is 0.291 e. The number of hydrogen-bond donors (Lipinski definition) is 2. The van der Waals surface area contributed by atoms with Crippen molar-refractivity contribution in [1.29, 1.82) is 0 Å². The first-order chi connectivity index (χ1) is 13.6. The Labute approximate surface area is 169 Å². The molecule has 3 rings (SSSR count). The van der Waals surface area contributed by atoms with Crippen LogP contribution >= 0.6 is 11.8 Å². The van der Waals surface area contributed by atoms with E-state index in [-0.39, 0.29) is 17.9 Å². The van der Waals surface area contributed by atoms with E-state index in [1.54, 1.807) is 41.4 Å². The topological polar surface area (TPSA) is 67.4 Å². The number of rotatable bonds is 7. The van der Waals surface area contributed by atoms with Gasteiger partial charge >= 0.3 is 0 Å². The van der Waals surface area contributed by atoms with Gasteiger partial charge in [0.1, 0.15) is 0 Å². The van der Waals surface area contributed by atoms with Crippen LogP contribution in [0.1, 0.15) is 29.3 Å². The van der Waals surface area contributed by atoms with Crippen LogP contribution in [0.2, 0.25) is 0 Å². The van der Waals surface area contributed by atoms with Crippen molar-refractivity contribution in [3.05, 3.63) is 76.9 Å². The van der Waals surface area contributed by atoms with Crippen LogP contribution < -0.4 is 10.6 Å². The molecule has 1 atom stereocenters. The fourth-order valence-electron chi connectivity index (χ4n) is 2.83. The smallest absolute Gasteiger partial charge is 0.291 e. The Bertz CT molecular complexity index is 852. The molecule has 1 aliphatic rings. The van der Waals surface area contributed by atoms with Gasteiger partial charge in [-0.1, -0.05) is 36.4 Å². The SMILES string of the molecule is C[C@@H](CCc1ccccc1)NC(=O)c1cccc(NC(=O)C2=CSCCO2)c1. The van der Waals surface area contributed by atoms with E-state index in [0.717, 1.165) is 18.6 Å². The van der Waals surface area contributed by atoms with E-state index in [1.165, 1.54) is 5.56 Å². The van der Waals surface area contributed by atoms with Crippen molar-refractivity contribution in [2.24, 2.45) is 0 Å². The molecule has 0 radical (unpaired) electrons. The molecule has 0 aliphatic carbocycles. The Balaban J connectivity index is 1.54. The molecule has 5 nitrogen and oxygen atoms in total. The molecule has 0 spiro atoms. The molecule has 1 aliphatic heterocycles. The molecule has 0 bridgehead atoms. The largest absolute Gasteiger partial charge is 0.487 e. The van der Waals surface area contributed by atoms with E-state index < -0.39 is 0 Å². The first kappa shape index (κ1) is 20.0. The van der Waals surface area contributed by atoms with E-state index >= 15 is 0 Å². The van der Waals surface area contributed by atoms with E-state index in [9.17, 15) is 9.59 Å². The van der Waals surface area contributed by atoms with Gasteiger partial charge in [0.05, 0.1) is 6.61 Å². The lowest BCUT2D eigenvalue weighted by molar-refractivity contribution is -0.116. The molecule has 0 saturated heterocycles. The minimum atomic E-state index is -0.305. The maximum absolute atomic E-state index is 12.5. The summed E-state index contributed by atoms with van der Waals surface area (Å²) in [6.45, 7) is 2.52. The average Bonchev–Trinajstić information content (AvgIpc) is 2.74. The lowest BCUT2D eigenvalue weighted by Crippen LogP contribution is -2.33. The predicted molar refractivity (Wildman–Crippen MR) is 113 cm³/mol. The normalized spacial score (nSPS) is 14.4. The van der Waals surface area contributed by atoms with Gasteiger partial charge in [-0.25, -0.2) is 0 Å². The fraction of sp³-hybridized carbons (Fsp3) is 0.273. The summed E-state index contributed by atoms with van der Waals surface area (Å²) in [5, 5.41) is 7.51. The number of carbonyl (C=O) groups excluding carboxylic acids is 2. The van der Waals surface area contributed by atoms with Gasteiger partial charge in [0, 0.05) is 28.5 Å².